The summed E-state index contributed by atoms with van der Waals surface area (Å²) in [6.45, 7) is 1.96. The van der Waals surface area contributed by atoms with Gasteiger partial charge in [0.2, 0.25) is 0 Å². The number of halogens is 1. The number of aromatic nitrogens is 2. The summed E-state index contributed by atoms with van der Waals surface area (Å²) in [4.78, 5) is 0. The van der Waals surface area contributed by atoms with Gasteiger partial charge in [-0.15, -0.1) is 0 Å². The molecule has 0 aliphatic carbocycles. The first-order valence-corrected chi connectivity index (χ1v) is 6.28. The minimum atomic E-state index is -0.502. The number of aliphatic hydroxyl groups excluding tert-OH is 1. The van der Waals surface area contributed by atoms with Crippen molar-refractivity contribution >= 4 is 15.9 Å². The largest absolute Gasteiger partial charge is 0.388 e. The van der Waals surface area contributed by atoms with E-state index in [-0.39, 0.29) is 0 Å². The van der Waals surface area contributed by atoms with E-state index in [4.69, 9.17) is 0 Å². The molecule has 17 heavy (non-hydrogen) atoms. The maximum atomic E-state index is 10.2. The van der Waals surface area contributed by atoms with E-state index in [0.29, 0.717) is 6.42 Å². The van der Waals surface area contributed by atoms with Crippen molar-refractivity contribution in [3.05, 3.63) is 51.8 Å². The van der Waals surface area contributed by atoms with Gasteiger partial charge in [0.15, 0.2) is 0 Å². The highest BCUT2D eigenvalue weighted by atomic mass is 79.9. The van der Waals surface area contributed by atoms with Crippen LogP contribution in [0.2, 0.25) is 0 Å². The van der Waals surface area contributed by atoms with Gasteiger partial charge < -0.3 is 5.11 Å². The molecular weight excluding hydrogens is 280 g/mol. The van der Waals surface area contributed by atoms with Gasteiger partial charge in [-0.2, -0.15) is 5.10 Å². The molecule has 0 fully saturated rings. The fraction of sp³-hybridized carbons (Fsp3) is 0.308. The smallest absolute Gasteiger partial charge is 0.0863 e. The summed E-state index contributed by atoms with van der Waals surface area (Å²) in [5.41, 5.74) is 3.01. The Hall–Kier alpha value is -1.13. The fourth-order valence-electron chi connectivity index (χ4n) is 1.84. The lowest BCUT2D eigenvalue weighted by Gasteiger charge is -2.10. The van der Waals surface area contributed by atoms with Crippen molar-refractivity contribution in [2.45, 2.75) is 19.4 Å². The number of benzene rings is 1. The molecule has 1 aromatic heterocycles. The number of aliphatic hydroxyl groups is 1. The lowest BCUT2D eigenvalue weighted by molar-refractivity contribution is 0.177. The average molecular weight is 295 g/mol. The van der Waals surface area contributed by atoms with Crippen LogP contribution in [0.4, 0.5) is 0 Å². The van der Waals surface area contributed by atoms with Gasteiger partial charge in [0.1, 0.15) is 0 Å². The molecule has 0 saturated heterocycles. The van der Waals surface area contributed by atoms with Crippen molar-refractivity contribution < 1.29 is 5.11 Å². The highest BCUT2D eigenvalue weighted by Crippen LogP contribution is 2.22. The van der Waals surface area contributed by atoms with Crippen LogP contribution < -0.4 is 0 Å². The van der Waals surface area contributed by atoms with Crippen molar-refractivity contribution in [2.75, 3.05) is 0 Å². The molecule has 1 N–H and O–H groups in total. The molecule has 0 aliphatic rings. The topological polar surface area (TPSA) is 38.1 Å². The van der Waals surface area contributed by atoms with Gasteiger partial charge in [-0.3, -0.25) is 4.68 Å². The molecule has 2 rings (SSSR count). The molecule has 1 atom stereocenters. The van der Waals surface area contributed by atoms with Crippen LogP contribution in [0.25, 0.3) is 0 Å². The first kappa shape index (κ1) is 12.3. The maximum absolute atomic E-state index is 10.2. The molecule has 0 radical (unpaired) electrons. The number of aryl methyl sites for hydroxylation is 1. The number of hydrogen-bond donors (Lipinski definition) is 1. The third-order valence-electron chi connectivity index (χ3n) is 2.95. The second-order valence-corrected chi connectivity index (χ2v) is 5.07. The van der Waals surface area contributed by atoms with Crippen LogP contribution >= 0.6 is 15.9 Å². The van der Waals surface area contributed by atoms with Crippen molar-refractivity contribution in [2.24, 2.45) is 7.05 Å². The zero-order chi connectivity index (χ0) is 12.4. The van der Waals surface area contributed by atoms with Crippen LogP contribution in [0.3, 0.4) is 0 Å². The van der Waals surface area contributed by atoms with Gasteiger partial charge in [0.05, 0.1) is 12.3 Å². The van der Waals surface area contributed by atoms with Crippen molar-refractivity contribution in [3.63, 3.8) is 0 Å². The van der Waals surface area contributed by atoms with Gasteiger partial charge in [0, 0.05) is 29.2 Å². The molecule has 1 unspecified atom stereocenters. The molecule has 1 aromatic carbocycles. The van der Waals surface area contributed by atoms with E-state index in [1.165, 1.54) is 0 Å². The normalized spacial score (nSPS) is 12.7. The van der Waals surface area contributed by atoms with E-state index >= 15 is 0 Å². The molecule has 3 nitrogen and oxygen atoms in total. The lowest BCUT2D eigenvalue weighted by atomic mass is 10.0. The lowest BCUT2D eigenvalue weighted by Crippen LogP contribution is -2.03. The molecule has 0 amide bonds. The Morgan fingerprint density at radius 3 is 2.82 bits per heavy atom. The zero-order valence-corrected chi connectivity index (χ0v) is 11.5. The van der Waals surface area contributed by atoms with E-state index in [1.54, 1.807) is 10.9 Å². The molecule has 0 bridgehead atoms. The third kappa shape index (κ3) is 2.76. The molecule has 1 heterocycles. The first-order valence-electron chi connectivity index (χ1n) is 5.49. The minimum Gasteiger partial charge on any atom is -0.388 e. The van der Waals surface area contributed by atoms with Crippen LogP contribution in [-0.4, -0.2) is 14.9 Å². The summed E-state index contributed by atoms with van der Waals surface area (Å²) < 4.78 is 2.81. The van der Waals surface area contributed by atoms with E-state index in [9.17, 15) is 5.11 Å². The molecule has 4 heteroatoms. The van der Waals surface area contributed by atoms with Gasteiger partial charge in [0.25, 0.3) is 0 Å². The van der Waals surface area contributed by atoms with Crippen molar-refractivity contribution in [3.8, 4) is 0 Å². The summed E-state index contributed by atoms with van der Waals surface area (Å²) in [5, 5.41) is 14.3. The zero-order valence-electron chi connectivity index (χ0n) is 9.89. The second kappa shape index (κ2) is 5.02. The number of rotatable bonds is 3. The average Bonchev–Trinajstić information content (AvgIpc) is 2.60. The Kier molecular flexibility index (Phi) is 3.64. The Balaban J connectivity index is 2.17. The summed E-state index contributed by atoms with van der Waals surface area (Å²) in [6.07, 6.45) is 1.84. The molecule has 2 aromatic rings. The summed E-state index contributed by atoms with van der Waals surface area (Å²) in [5.74, 6) is 0. The van der Waals surface area contributed by atoms with Crippen LogP contribution in [0.1, 0.15) is 22.9 Å². The quantitative estimate of drug-likeness (QED) is 0.945. The fourth-order valence-corrected chi connectivity index (χ4v) is 2.29. The van der Waals surface area contributed by atoms with E-state index in [0.717, 1.165) is 21.3 Å². The summed E-state index contributed by atoms with van der Waals surface area (Å²) >= 11 is 3.43. The molecular formula is C13H15BrN2O. The van der Waals surface area contributed by atoms with Gasteiger partial charge >= 0.3 is 0 Å². The van der Waals surface area contributed by atoms with Gasteiger partial charge in [-0.1, -0.05) is 28.1 Å². The Morgan fingerprint density at radius 1 is 1.47 bits per heavy atom. The van der Waals surface area contributed by atoms with Crippen molar-refractivity contribution in [1.29, 1.82) is 0 Å². The Labute approximate surface area is 109 Å². The van der Waals surface area contributed by atoms with Crippen LogP contribution in [0.5, 0.6) is 0 Å². The molecule has 90 valence electrons. The monoisotopic (exact) mass is 294 g/mol. The second-order valence-electron chi connectivity index (χ2n) is 4.16. The molecule has 0 spiro atoms. The van der Waals surface area contributed by atoms with Crippen LogP contribution in [-0.2, 0) is 13.5 Å². The predicted molar refractivity (Wildman–Crippen MR) is 70.8 cm³/mol. The van der Waals surface area contributed by atoms with E-state index in [2.05, 4.69) is 21.0 Å². The van der Waals surface area contributed by atoms with Gasteiger partial charge in [-0.25, -0.2) is 0 Å². The van der Waals surface area contributed by atoms with Crippen LogP contribution in [0, 0.1) is 6.92 Å². The van der Waals surface area contributed by atoms with E-state index in [1.807, 2.05) is 38.2 Å². The molecule has 0 aliphatic heterocycles. The Bertz CT molecular complexity index is 522. The standard InChI is InChI=1S/C13H15BrN2O/c1-9-12(8-15-16(9)2)13(17)7-10-4-3-5-11(14)6-10/h3-6,8,13,17H,7H2,1-2H3. The third-order valence-corrected chi connectivity index (χ3v) is 3.44. The molecule has 0 saturated carbocycles. The van der Waals surface area contributed by atoms with Crippen LogP contribution in [0.15, 0.2) is 34.9 Å². The highest BCUT2D eigenvalue weighted by Gasteiger charge is 2.14. The number of nitrogens with zero attached hydrogens (tertiary/aromatic N) is 2. The summed E-state index contributed by atoms with van der Waals surface area (Å²) in [7, 11) is 1.88. The highest BCUT2D eigenvalue weighted by molar-refractivity contribution is 9.10. The predicted octanol–water partition coefficient (Wildman–Crippen LogP) is 2.77. The SMILES string of the molecule is Cc1c(C(O)Cc2cccc(Br)c2)cnn1C. The van der Waals surface area contributed by atoms with E-state index < -0.39 is 6.10 Å². The maximum Gasteiger partial charge on any atom is 0.0863 e. The van der Waals surface area contributed by atoms with Gasteiger partial charge in [-0.05, 0) is 24.6 Å². The number of hydrogen-bond acceptors (Lipinski definition) is 2. The Morgan fingerprint density at radius 2 is 2.24 bits per heavy atom. The first-order chi connectivity index (χ1) is 8.08. The minimum absolute atomic E-state index is 0.502. The van der Waals surface area contributed by atoms with Crippen molar-refractivity contribution in [1.82, 2.24) is 9.78 Å². The summed E-state index contributed by atoms with van der Waals surface area (Å²) in [6, 6.07) is 7.99.